The van der Waals surface area contributed by atoms with E-state index in [0.29, 0.717) is 12.8 Å². The van der Waals surface area contributed by atoms with Gasteiger partial charge < -0.3 is 5.32 Å². The molecular formula is C15H16F2N2O2. The Balaban J connectivity index is 1.86. The molecule has 1 saturated carbocycles. The highest BCUT2D eigenvalue weighted by Crippen LogP contribution is 2.48. The molecule has 1 aromatic carbocycles. The second-order valence-corrected chi connectivity index (χ2v) is 5.84. The summed E-state index contributed by atoms with van der Waals surface area (Å²) in [6.07, 6.45) is 0.871. The van der Waals surface area contributed by atoms with Gasteiger partial charge in [0.2, 0.25) is 0 Å². The molecule has 0 spiro atoms. The zero-order valence-corrected chi connectivity index (χ0v) is 11.8. The number of hydrogen-bond acceptors (Lipinski definition) is 2. The molecule has 3 rings (SSSR count). The predicted octanol–water partition coefficient (Wildman–Crippen LogP) is 2.54. The zero-order valence-electron chi connectivity index (χ0n) is 11.8. The quantitative estimate of drug-likeness (QED) is 0.871. The Kier molecular flexibility index (Phi) is 3.00. The molecule has 2 aliphatic rings. The number of carbonyl (C=O) groups is 2. The van der Waals surface area contributed by atoms with Crippen LogP contribution < -0.4 is 5.32 Å². The molecule has 0 bridgehead atoms. The van der Waals surface area contributed by atoms with Crippen LogP contribution in [0.1, 0.15) is 38.2 Å². The second-order valence-electron chi connectivity index (χ2n) is 5.84. The largest absolute Gasteiger partial charge is 0.325 e. The first kappa shape index (κ1) is 14.0. The van der Waals surface area contributed by atoms with E-state index >= 15 is 0 Å². The lowest BCUT2D eigenvalue weighted by Gasteiger charge is -2.19. The summed E-state index contributed by atoms with van der Waals surface area (Å²) in [7, 11) is 0. The smallest absolute Gasteiger partial charge is 0.323 e. The Morgan fingerprint density at radius 3 is 2.48 bits per heavy atom. The van der Waals surface area contributed by atoms with Crippen LogP contribution in [0.15, 0.2) is 18.2 Å². The van der Waals surface area contributed by atoms with Gasteiger partial charge in [0, 0.05) is 17.5 Å². The van der Waals surface area contributed by atoms with Crippen LogP contribution in [0.5, 0.6) is 0 Å². The molecule has 21 heavy (non-hydrogen) atoms. The SMILES string of the molecule is CCC1(C)NC(=O)N([C@@H]2C[C@H]2c2c(F)cccc2F)C1=O. The van der Waals surface area contributed by atoms with E-state index in [4.69, 9.17) is 0 Å². The molecule has 1 aromatic rings. The van der Waals surface area contributed by atoms with Crippen LogP contribution in [-0.4, -0.2) is 28.4 Å². The monoisotopic (exact) mass is 294 g/mol. The molecule has 1 aliphatic heterocycles. The number of imide groups is 1. The fraction of sp³-hybridized carbons (Fsp3) is 0.467. The van der Waals surface area contributed by atoms with Gasteiger partial charge >= 0.3 is 6.03 Å². The molecule has 1 unspecified atom stereocenters. The molecule has 112 valence electrons. The summed E-state index contributed by atoms with van der Waals surface area (Å²) < 4.78 is 27.5. The summed E-state index contributed by atoms with van der Waals surface area (Å²) in [6, 6.07) is 2.74. The van der Waals surface area contributed by atoms with Gasteiger partial charge in [-0.3, -0.25) is 9.69 Å². The second kappa shape index (κ2) is 4.51. The third kappa shape index (κ3) is 2.01. The van der Waals surface area contributed by atoms with Crippen molar-refractivity contribution >= 4 is 11.9 Å². The molecule has 1 saturated heterocycles. The minimum absolute atomic E-state index is 0.0341. The first-order valence-electron chi connectivity index (χ1n) is 6.98. The van der Waals surface area contributed by atoms with E-state index in [9.17, 15) is 18.4 Å². The van der Waals surface area contributed by atoms with E-state index in [1.807, 2.05) is 6.92 Å². The fourth-order valence-electron chi connectivity index (χ4n) is 2.89. The number of amides is 3. The maximum atomic E-state index is 13.8. The Bertz CT molecular complexity index is 614. The van der Waals surface area contributed by atoms with Crippen molar-refractivity contribution in [2.45, 2.75) is 44.2 Å². The van der Waals surface area contributed by atoms with E-state index < -0.39 is 35.2 Å². The van der Waals surface area contributed by atoms with Crippen LogP contribution in [-0.2, 0) is 4.79 Å². The lowest BCUT2D eigenvalue weighted by Crippen LogP contribution is -2.43. The van der Waals surface area contributed by atoms with Gasteiger partial charge in [0.1, 0.15) is 17.2 Å². The summed E-state index contributed by atoms with van der Waals surface area (Å²) in [6.45, 7) is 3.47. The van der Waals surface area contributed by atoms with Crippen LogP contribution in [0.25, 0.3) is 0 Å². The van der Waals surface area contributed by atoms with Crippen molar-refractivity contribution in [3.05, 3.63) is 35.4 Å². The Hall–Kier alpha value is -1.98. The van der Waals surface area contributed by atoms with Gasteiger partial charge in [0.15, 0.2) is 0 Å². The van der Waals surface area contributed by atoms with E-state index in [1.165, 1.54) is 18.2 Å². The maximum Gasteiger partial charge on any atom is 0.325 e. The van der Waals surface area contributed by atoms with Gasteiger partial charge in [-0.15, -0.1) is 0 Å². The molecule has 3 atom stereocenters. The first-order valence-corrected chi connectivity index (χ1v) is 6.98. The van der Waals surface area contributed by atoms with Crippen molar-refractivity contribution in [1.82, 2.24) is 10.2 Å². The molecule has 6 heteroatoms. The van der Waals surface area contributed by atoms with Crippen LogP contribution in [0, 0.1) is 11.6 Å². The van der Waals surface area contributed by atoms with Crippen molar-refractivity contribution in [3.8, 4) is 0 Å². The maximum absolute atomic E-state index is 13.8. The van der Waals surface area contributed by atoms with Crippen molar-refractivity contribution in [2.75, 3.05) is 0 Å². The number of carbonyl (C=O) groups excluding carboxylic acids is 2. The highest BCUT2D eigenvalue weighted by Gasteiger charge is 2.56. The van der Waals surface area contributed by atoms with E-state index in [-0.39, 0.29) is 11.5 Å². The van der Waals surface area contributed by atoms with Crippen LogP contribution in [0.2, 0.25) is 0 Å². The van der Waals surface area contributed by atoms with Gasteiger partial charge in [-0.25, -0.2) is 13.6 Å². The first-order chi connectivity index (χ1) is 9.89. The molecular weight excluding hydrogens is 278 g/mol. The number of urea groups is 1. The number of halogens is 2. The van der Waals surface area contributed by atoms with Crippen molar-refractivity contribution < 1.29 is 18.4 Å². The highest BCUT2D eigenvalue weighted by atomic mass is 19.1. The van der Waals surface area contributed by atoms with Crippen molar-refractivity contribution in [1.29, 1.82) is 0 Å². The lowest BCUT2D eigenvalue weighted by atomic mass is 9.99. The van der Waals surface area contributed by atoms with Crippen LogP contribution >= 0.6 is 0 Å². The Morgan fingerprint density at radius 1 is 1.33 bits per heavy atom. The van der Waals surface area contributed by atoms with E-state index in [0.717, 1.165) is 4.90 Å². The van der Waals surface area contributed by atoms with Crippen LogP contribution in [0.4, 0.5) is 13.6 Å². The van der Waals surface area contributed by atoms with Gasteiger partial charge in [-0.1, -0.05) is 13.0 Å². The minimum Gasteiger partial charge on any atom is -0.323 e. The fourth-order valence-corrected chi connectivity index (χ4v) is 2.89. The molecule has 3 amide bonds. The van der Waals surface area contributed by atoms with Gasteiger partial charge in [0.25, 0.3) is 5.91 Å². The summed E-state index contributed by atoms with van der Waals surface area (Å²) in [5.74, 6) is -2.04. The van der Waals surface area contributed by atoms with E-state index in [2.05, 4.69) is 5.32 Å². The van der Waals surface area contributed by atoms with Gasteiger partial charge in [-0.2, -0.15) is 0 Å². The lowest BCUT2D eigenvalue weighted by molar-refractivity contribution is -0.131. The minimum atomic E-state index is -0.919. The average Bonchev–Trinajstić information content (AvgIpc) is 3.13. The number of benzene rings is 1. The summed E-state index contributed by atoms with van der Waals surface area (Å²) in [5, 5.41) is 2.65. The van der Waals surface area contributed by atoms with Crippen LogP contribution in [0.3, 0.4) is 0 Å². The molecule has 1 N–H and O–H groups in total. The van der Waals surface area contributed by atoms with Gasteiger partial charge in [-0.05, 0) is 31.9 Å². The molecule has 1 aliphatic carbocycles. The van der Waals surface area contributed by atoms with E-state index in [1.54, 1.807) is 6.92 Å². The number of nitrogens with one attached hydrogen (secondary N) is 1. The normalized spacial score (nSPS) is 31.5. The third-order valence-electron chi connectivity index (χ3n) is 4.46. The van der Waals surface area contributed by atoms with Crippen molar-refractivity contribution in [2.24, 2.45) is 0 Å². The summed E-state index contributed by atoms with van der Waals surface area (Å²) in [5.41, 5.74) is -0.953. The Labute approximate surface area is 121 Å². The summed E-state index contributed by atoms with van der Waals surface area (Å²) >= 11 is 0. The molecule has 0 aromatic heterocycles. The predicted molar refractivity (Wildman–Crippen MR) is 71.6 cm³/mol. The van der Waals surface area contributed by atoms with Crippen molar-refractivity contribution in [3.63, 3.8) is 0 Å². The van der Waals surface area contributed by atoms with Gasteiger partial charge in [0.05, 0.1) is 0 Å². The standard InChI is InChI=1S/C15H16F2N2O2/c1-3-15(2)13(20)19(14(21)18-15)11-7-8(11)12-9(16)5-4-6-10(12)17/h4-6,8,11H,3,7H2,1-2H3,(H,18,21)/t8-,11-,15?/m1/s1. The number of rotatable bonds is 3. The summed E-state index contributed by atoms with van der Waals surface area (Å²) in [4.78, 5) is 25.5. The molecule has 4 nitrogen and oxygen atoms in total. The molecule has 2 fully saturated rings. The zero-order chi connectivity index (χ0) is 15.4. The number of nitrogens with zero attached hydrogens (tertiary/aromatic N) is 1. The molecule has 1 heterocycles. The average molecular weight is 294 g/mol. The third-order valence-corrected chi connectivity index (χ3v) is 4.46. The Morgan fingerprint density at radius 2 is 1.95 bits per heavy atom. The number of hydrogen-bond donors (Lipinski definition) is 1. The highest BCUT2D eigenvalue weighted by molar-refractivity contribution is 6.07. The topological polar surface area (TPSA) is 49.4 Å². The molecule has 0 radical (unpaired) electrons.